The van der Waals surface area contributed by atoms with Gasteiger partial charge in [0.25, 0.3) is 0 Å². The van der Waals surface area contributed by atoms with Crippen molar-refractivity contribution < 1.29 is 19.8 Å². The van der Waals surface area contributed by atoms with Crippen molar-refractivity contribution in [1.29, 1.82) is 5.26 Å². The third-order valence-electron chi connectivity index (χ3n) is 4.19. The largest absolute Gasteiger partial charge is 0.481 e. The molecule has 24 heavy (non-hydrogen) atoms. The van der Waals surface area contributed by atoms with Crippen LogP contribution >= 0.6 is 0 Å². The van der Waals surface area contributed by atoms with E-state index in [9.17, 15) is 19.8 Å². The molecule has 6 nitrogen and oxygen atoms in total. The smallest absolute Gasteiger partial charge is 0.337 e. The number of fused-ring (bicyclic) bond motifs is 1. The predicted octanol–water partition coefficient (Wildman–Crippen LogP) is 2.98. The number of rotatable bonds is 3. The van der Waals surface area contributed by atoms with Crippen LogP contribution in [0.15, 0.2) is 42.5 Å². The molecule has 3 rings (SSSR count). The highest BCUT2D eigenvalue weighted by atomic mass is 16.4. The second-order valence-electron chi connectivity index (χ2n) is 5.64. The van der Waals surface area contributed by atoms with E-state index in [1.165, 1.54) is 12.1 Å². The van der Waals surface area contributed by atoms with E-state index in [0.29, 0.717) is 5.56 Å². The molecule has 6 heteroatoms. The highest BCUT2D eigenvalue weighted by Crippen LogP contribution is 2.42. The second kappa shape index (κ2) is 6.05. The van der Waals surface area contributed by atoms with Gasteiger partial charge in [0.15, 0.2) is 0 Å². The third kappa shape index (κ3) is 2.68. The van der Waals surface area contributed by atoms with Gasteiger partial charge < -0.3 is 15.5 Å². The number of aromatic carboxylic acids is 1. The molecule has 2 aromatic rings. The number of aliphatic carboxylic acids is 1. The number of nitrogens with one attached hydrogen (secondary N) is 1. The fourth-order valence-electron chi connectivity index (χ4n) is 3.07. The maximum atomic E-state index is 11.7. The molecule has 0 aromatic heterocycles. The zero-order valence-corrected chi connectivity index (χ0v) is 12.6. The quantitative estimate of drug-likeness (QED) is 0.801. The minimum atomic E-state index is -1.20. The number of carbonyl (C=O) groups is 2. The molecular formula is C18H14N2O4. The maximum Gasteiger partial charge on any atom is 0.337 e. The highest BCUT2D eigenvalue weighted by Gasteiger charge is 2.35. The lowest BCUT2D eigenvalue weighted by molar-refractivity contribution is -0.139. The van der Waals surface area contributed by atoms with Crippen molar-refractivity contribution in [2.75, 3.05) is 5.32 Å². The molecule has 2 unspecified atom stereocenters. The number of nitriles is 1. The molecule has 0 fully saturated rings. The molecule has 0 aliphatic carbocycles. The summed E-state index contributed by atoms with van der Waals surface area (Å²) in [6, 6.07) is 13.6. The first-order valence-corrected chi connectivity index (χ1v) is 7.37. The zero-order chi connectivity index (χ0) is 17.3. The van der Waals surface area contributed by atoms with E-state index in [-0.39, 0.29) is 29.3 Å². The van der Waals surface area contributed by atoms with Crippen LogP contribution in [0.25, 0.3) is 0 Å². The van der Waals surface area contributed by atoms with Gasteiger partial charge >= 0.3 is 11.9 Å². The van der Waals surface area contributed by atoms with Crippen LogP contribution < -0.4 is 5.32 Å². The SMILES string of the molecule is N#Cc1cc(C(=O)O)c2c(c1)C(C(=O)O)CC(c1ccccc1)N2. The summed E-state index contributed by atoms with van der Waals surface area (Å²) in [5, 5.41) is 31.3. The number of carboxylic acid groups (broad SMARTS) is 2. The van der Waals surface area contributed by atoms with Gasteiger partial charge in [-0.05, 0) is 29.7 Å². The molecule has 0 spiro atoms. The molecule has 0 radical (unpaired) electrons. The van der Waals surface area contributed by atoms with Crippen LogP contribution in [0.3, 0.4) is 0 Å². The van der Waals surface area contributed by atoms with Crippen molar-refractivity contribution in [3.8, 4) is 6.07 Å². The standard InChI is InChI=1S/C18H14N2O4/c19-9-10-6-12-13(17(21)22)8-15(11-4-2-1-3-5-11)20-16(12)14(7-10)18(23)24/h1-7,13,15,20H,8H2,(H,21,22)(H,23,24). The molecule has 2 atom stereocenters. The van der Waals surface area contributed by atoms with E-state index >= 15 is 0 Å². The van der Waals surface area contributed by atoms with E-state index in [1.807, 2.05) is 36.4 Å². The molecule has 1 aliphatic rings. The molecule has 1 heterocycles. The van der Waals surface area contributed by atoms with E-state index in [1.54, 1.807) is 0 Å². The van der Waals surface area contributed by atoms with Crippen LogP contribution in [0, 0.1) is 11.3 Å². The Morgan fingerprint density at radius 3 is 2.46 bits per heavy atom. The van der Waals surface area contributed by atoms with Crippen LogP contribution in [0.1, 0.15) is 45.4 Å². The van der Waals surface area contributed by atoms with Crippen molar-refractivity contribution in [1.82, 2.24) is 0 Å². The highest BCUT2D eigenvalue weighted by molar-refractivity contribution is 5.97. The van der Waals surface area contributed by atoms with Gasteiger partial charge in [0.2, 0.25) is 0 Å². The van der Waals surface area contributed by atoms with Gasteiger partial charge in [0.05, 0.1) is 34.8 Å². The number of hydrogen-bond donors (Lipinski definition) is 3. The molecule has 3 N–H and O–H groups in total. The predicted molar refractivity (Wildman–Crippen MR) is 85.9 cm³/mol. The van der Waals surface area contributed by atoms with Crippen LogP contribution in [-0.4, -0.2) is 22.2 Å². The fraction of sp³-hybridized carbons (Fsp3) is 0.167. The van der Waals surface area contributed by atoms with E-state index < -0.39 is 17.9 Å². The summed E-state index contributed by atoms with van der Waals surface area (Å²) in [5.41, 5.74) is 1.54. The number of hydrogen-bond acceptors (Lipinski definition) is 4. The summed E-state index contributed by atoms with van der Waals surface area (Å²) < 4.78 is 0. The number of nitrogens with zero attached hydrogens (tertiary/aromatic N) is 1. The molecule has 0 saturated heterocycles. The van der Waals surface area contributed by atoms with Crippen molar-refractivity contribution in [3.05, 3.63) is 64.7 Å². The minimum Gasteiger partial charge on any atom is -0.481 e. The third-order valence-corrected chi connectivity index (χ3v) is 4.19. The van der Waals surface area contributed by atoms with E-state index in [4.69, 9.17) is 5.26 Å². The molecule has 0 amide bonds. The van der Waals surface area contributed by atoms with Crippen LogP contribution in [0.5, 0.6) is 0 Å². The second-order valence-corrected chi connectivity index (χ2v) is 5.64. The molecule has 2 aromatic carbocycles. The van der Waals surface area contributed by atoms with E-state index in [2.05, 4.69) is 5.32 Å². The Morgan fingerprint density at radius 1 is 1.17 bits per heavy atom. The Balaban J connectivity index is 2.17. The lowest BCUT2D eigenvalue weighted by atomic mass is 9.82. The lowest BCUT2D eigenvalue weighted by Crippen LogP contribution is -2.27. The minimum absolute atomic E-state index is 0.0871. The molecule has 1 aliphatic heterocycles. The van der Waals surface area contributed by atoms with Crippen molar-refractivity contribution in [2.45, 2.75) is 18.4 Å². The first-order valence-electron chi connectivity index (χ1n) is 7.37. The summed E-state index contributed by atoms with van der Waals surface area (Å²) in [7, 11) is 0. The van der Waals surface area contributed by atoms with Crippen LogP contribution in [0.4, 0.5) is 5.69 Å². The van der Waals surface area contributed by atoms with Gasteiger partial charge in [0.1, 0.15) is 0 Å². The summed E-state index contributed by atoms with van der Waals surface area (Å²) in [6.07, 6.45) is 0.278. The van der Waals surface area contributed by atoms with Gasteiger partial charge in [-0.3, -0.25) is 4.79 Å². The van der Waals surface area contributed by atoms with Crippen LogP contribution in [-0.2, 0) is 4.79 Å². The molecule has 0 bridgehead atoms. The number of benzene rings is 2. The summed E-state index contributed by atoms with van der Waals surface area (Å²) in [4.78, 5) is 23.3. The van der Waals surface area contributed by atoms with Gasteiger partial charge in [-0.1, -0.05) is 30.3 Å². The van der Waals surface area contributed by atoms with Gasteiger partial charge in [-0.25, -0.2) is 4.79 Å². The van der Waals surface area contributed by atoms with Gasteiger partial charge in [-0.15, -0.1) is 0 Å². The molecule has 0 saturated carbocycles. The summed E-state index contributed by atoms with van der Waals surface area (Å²) >= 11 is 0. The van der Waals surface area contributed by atoms with E-state index in [0.717, 1.165) is 5.56 Å². The molecule has 120 valence electrons. The number of anilines is 1. The number of carboxylic acids is 2. The Labute approximate surface area is 138 Å². The fourth-order valence-corrected chi connectivity index (χ4v) is 3.07. The average Bonchev–Trinajstić information content (AvgIpc) is 2.60. The molecular weight excluding hydrogens is 308 g/mol. The zero-order valence-electron chi connectivity index (χ0n) is 12.6. The van der Waals surface area contributed by atoms with Crippen molar-refractivity contribution in [3.63, 3.8) is 0 Å². The Morgan fingerprint density at radius 2 is 1.88 bits per heavy atom. The van der Waals surface area contributed by atoms with Crippen molar-refractivity contribution >= 4 is 17.6 Å². The first-order chi connectivity index (χ1) is 11.5. The Bertz CT molecular complexity index is 855. The summed E-state index contributed by atoms with van der Waals surface area (Å²) in [5.74, 6) is -3.11. The van der Waals surface area contributed by atoms with Gasteiger partial charge in [0, 0.05) is 0 Å². The van der Waals surface area contributed by atoms with Crippen molar-refractivity contribution in [2.24, 2.45) is 0 Å². The Kier molecular flexibility index (Phi) is 3.92. The van der Waals surface area contributed by atoms with Gasteiger partial charge in [-0.2, -0.15) is 5.26 Å². The first kappa shape index (κ1) is 15.6. The Hall–Kier alpha value is -3.33. The normalized spacial score (nSPS) is 18.8. The van der Waals surface area contributed by atoms with Crippen LogP contribution in [0.2, 0.25) is 0 Å². The maximum absolute atomic E-state index is 11.7. The average molecular weight is 322 g/mol. The topological polar surface area (TPSA) is 110 Å². The monoisotopic (exact) mass is 322 g/mol. The summed E-state index contributed by atoms with van der Waals surface area (Å²) in [6.45, 7) is 0. The lowest BCUT2D eigenvalue weighted by Gasteiger charge is -2.32.